The predicted molar refractivity (Wildman–Crippen MR) is 92.7 cm³/mol. The Hall–Kier alpha value is -2.90. The maximum atomic E-state index is 12.7. The van der Waals surface area contributed by atoms with E-state index in [1.54, 1.807) is 4.90 Å². The Morgan fingerprint density at radius 2 is 2.12 bits per heavy atom. The van der Waals surface area contributed by atoms with Gasteiger partial charge in [-0.2, -0.15) is 0 Å². The van der Waals surface area contributed by atoms with Gasteiger partial charge >= 0.3 is 0 Å². The summed E-state index contributed by atoms with van der Waals surface area (Å²) in [4.78, 5) is 38.8. The Balaban J connectivity index is 1.49. The number of nitrogens with zero attached hydrogens (tertiary/aromatic N) is 3. The Morgan fingerprint density at radius 1 is 1.35 bits per heavy atom. The number of hydrogen-bond acceptors (Lipinski definition) is 5. The maximum absolute atomic E-state index is 12.7. The minimum Gasteiger partial charge on any atom is -0.451 e. The van der Waals surface area contributed by atoms with Crippen molar-refractivity contribution >= 4 is 28.5 Å². The van der Waals surface area contributed by atoms with Gasteiger partial charge in [-0.15, -0.1) is 0 Å². The smallest absolute Gasteiger partial charge is 0.289 e. The molecule has 26 heavy (non-hydrogen) atoms. The highest BCUT2D eigenvalue weighted by Gasteiger charge is 2.48. The summed E-state index contributed by atoms with van der Waals surface area (Å²) in [6.45, 7) is 5.62. The Bertz CT molecular complexity index is 932. The lowest BCUT2D eigenvalue weighted by Crippen LogP contribution is -2.62. The molecule has 8 nitrogen and oxygen atoms in total. The number of benzene rings is 1. The van der Waals surface area contributed by atoms with Gasteiger partial charge in [0.15, 0.2) is 5.76 Å². The molecule has 2 saturated heterocycles. The molecular formula is C18H19N3O5. The van der Waals surface area contributed by atoms with Gasteiger partial charge in [0.1, 0.15) is 5.58 Å². The van der Waals surface area contributed by atoms with Gasteiger partial charge in [0.2, 0.25) is 5.91 Å². The third-order valence-electron chi connectivity index (χ3n) is 5.22. The second-order valence-electron chi connectivity index (χ2n) is 7.60. The molecule has 1 aromatic carbocycles. The van der Waals surface area contributed by atoms with Crippen molar-refractivity contribution in [2.24, 2.45) is 5.41 Å². The zero-order valence-electron chi connectivity index (χ0n) is 14.6. The quantitative estimate of drug-likeness (QED) is 0.477. The summed E-state index contributed by atoms with van der Waals surface area (Å²) in [5, 5.41) is 11.4. The highest BCUT2D eigenvalue weighted by Crippen LogP contribution is 2.35. The molecule has 2 fully saturated rings. The highest BCUT2D eigenvalue weighted by atomic mass is 16.6. The molecule has 0 spiro atoms. The van der Waals surface area contributed by atoms with Crippen molar-refractivity contribution in [1.82, 2.24) is 9.80 Å². The first-order chi connectivity index (χ1) is 12.3. The molecule has 136 valence electrons. The van der Waals surface area contributed by atoms with Crippen LogP contribution in [0.3, 0.4) is 0 Å². The van der Waals surface area contributed by atoms with Crippen molar-refractivity contribution < 1.29 is 18.9 Å². The number of carbonyl (C=O) groups is 2. The van der Waals surface area contributed by atoms with E-state index >= 15 is 0 Å². The fourth-order valence-electron chi connectivity index (χ4n) is 3.74. The molecule has 2 aliphatic rings. The number of hydrogen-bond donors (Lipinski definition) is 0. The lowest BCUT2D eigenvalue weighted by Gasteiger charge is -2.47. The minimum absolute atomic E-state index is 0.0440. The van der Waals surface area contributed by atoms with Crippen molar-refractivity contribution in [2.75, 3.05) is 19.6 Å². The normalized spacial score (nSPS) is 21.9. The van der Waals surface area contributed by atoms with Gasteiger partial charge < -0.3 is 14.2 Å². The molecule has 0 saturated carbocycles. The lowest BCUT2D eigenvalue weighted by molar-refractivity contribution is -0.384. The van der Waals surface area contributed by atoms with E-state index in [1.807, 2.05) is 18.7 Å². The van der Waals surface area contributed by atoms with Crippen LogP contribution in [0.2, 0.25) is 0 Å². The van der Waals surface area contributed by atoms with Gasteiger partial charge in [-0.3, -0.25) is 19.7 Å². The number of nitro groups is 1. The van der Waals surface area contributed by atoms with Crippen molar-refractivity contribution in [3.05, 3.63) is 40.1 Å². The van der Waals surface area contributed by atoms with E-state index in [1.165, 1.54) is 24.3 Å². The number of fused-ring (bicyclic) bond motifs is 1. The molecule has 0 bridgehead atoms. The van der Waals surface area contributed by atoms with E-state index in [4.69, 9.17) is 4.42 Å². The van der Waals surface area contributed by atoms with E-state index in [0.717, 1.165) is 6.42 Å². The number of carbonyl (C=O) groups excluding carboxylic acids is 2. The number of furan rings is 1. The maximum Gasteiger partial charge on any atom is 0.289 e. The van der Waals surface area contributed by atoms with E-state index in [9.17, 15) is 19.7 Å². The Morgan fingerprint density at radius 3 is 2.77 bits per heavy atom. The summed E-state index contributed by atoms with van der Waals surface area (Å²) in [5.74, 6) is 0.0443. The van der Waals surface area contributed by atoms with Crippen molar-refractivity contribution in [1.29, 1.82) is 0 Å². The number of likely N-dealkylation sites (tertiary alicyclic amines) is 2. The van der Waals surface area contributed by atoms with E-state index < -0.39 is 4.92 Å². The van der Waals surface area contributed by atoms with Gasteiger partial charge in [0, 0.05) is 37.2 Å². The van der Waals surface area contributed by atoms with Crippen LogP contribution in [0.15, 0.2) is 28.7 Å². The monoisotopic (exact) mass is 357 g/mol. The number of amides is 2. The average molecular weight is 357 g/mol. The second-order valence-corrected chi connectivity index (χ2v) is 7.60. The standard InChI is InChI=1S/C18H19N3O5/c1-18(2)10-20(17(18)23)13-5-6-19(9-13)16(22)15-8-11-7-12(21(24)25)3-4-14(11)26-15/h3-4,7-8,13H,5-6,9-10H2,1-2H3. The van der Waals surface area contributed by atoms with Crippen LogP contribution in [0, 0.1) is 15.5 Å². The van der Waals surface area contributed by atoms with Crippen LogP contribution < -0.4 is 0 Å². The molecule has 0 N–H and O–H groups in total. The molecule has 8 heteroatoms. The summed E-state index contributed by atoms with van der Waals surface area (Å²) in [6.07, 6.45) is 0.749. The molecule has 2 amide bonds. The van der Waals surface area contributed by atoms with E-state index in [2.05, 4.69) is 0 Å². The van der Waals surface area contributed by atoms with Gasteiger partial charge in [0.05, 0.1) is 16.4 Å². The zero-order chi connectivity index (χ0) is 18.6. The van der Waals surface area contributed by atoms with Crippen LogP contribution in [0.25, 0.3) is 11.0 Å². The van der Waals surface area contributed by atoms with E-state index in [0.29, 0.717) is 30.6 Å². The molecule has 1 unspecified atom stereocenters. The molecule has 3 heterocycles. The van der Waals surface area contributed by atoms with Crippen LogP contribution >= 0.6 is 0 Å². The molecule has 0 aliphatic carbocycles. The Kier molecular flexibility index (Phi) is 3.54. The number of non-ortho nitro benzene ring substituents is 1. The summed E-state index contributed by atoms with van der Waals surface area (Å²) in [6, 6.07) is 5.82. The molecule has 4 rings (SSSR count). The minimum atomic E-state index is -0.482. The highest BCUT2D eigenvalue weighted by molar-refractivity contribution is 5.97. The third-order valence-corrected chi connectivity index (χ3v) is 5.22. The van der Waals surface area contributed by atoms with Crippen LogP contribution in [-0.2, 0) is 4.79 Å². The first kappa shape index (κ1) is 16.6. The summed E-state index contributed by atoms with van der Waals surface area (Å²) < 4.78 is 5.57. The van der Waals surface area contributed by atoms with Crippen LogP contribution in [0.5, 0.6) is 0 Å². The fraction of sp³-hybridized carbons (Fsp3) is 0.444. The first-order valence-corrected chi connectivity index (χ1v) is 8.54. The molecule has 1 aromatic heterocycles. The largest absolute Gasteiger partial charge is 0.451 e. The summed E-state index contributed by atoms with van der Waals surface area (Å²) >= 11 is 0. The van der Waals surface area contributed by atoms with Crippen molar-refractivity contribution in [3.63, 3.8) is 0 Å². The van der Waals surface area contributed by atoms with Gasteiger partial charge in [-0.1, -0.05) is 0 Å². The summed E-state index contributed by atoms with van der Waals surface area (Å²) in [7, 11) is 0. The average Bonchev–Trinajstić information content (AvgIpc) is 3.24. The Labute approximate surface area is 149 Å². The van der Waals surface area contributed by atoms with Crippen LogP contribution in [0.1, 0.15) is 30.8 Å². The SMILES string of the molecule is CC1(C)CN(C2CCN(C(=O)c3cc4cc([N+](=O)[O-])ccc4o3)C2)C1=O. The molecule has 2 aliphatic heterocycles. The van der Waals surface area contributed by atoms with Crippen molar-refractivity contribution in [2.45, 2.75) is 26.3 Å². The van der Waals surface area contributed by atoms with Gasteiger partial charge in [0.25, 0.3) is 11.6 Å². The van der Waals surface area contributed by atoms with Gasteiger partial charge in [-0.25, -0.2) is 0 Å². The van der Waals surface area contributed by atoms with Gasteiger partial charge in [-0.05, 0) is 32.4 Å². The molecule has 2 aromatic rings. The lowest BCUT2D eigenvalue weighted by atomic mass is 9.82. The second kappa shape index (κ2) is 5.55. The van der Waals surface area contributed by atoms with E-state index in [-0.39, 0.29) is 34.7 Å². The zero-order valence-corrected chi connectivity index (χ0v) is 14.6. The predicted octanol–water partition coefficient (Wildman–Crippen LogP) is 2.42. The summed E-state index contributed by atoms with van der Waals surface area (Å²) in [5.41, 5.74) is 0.0945. The number of nitro benzene ring substituents is 1. The van der Waals surface area contributed by atoms with Crippen molar-refractivity contribution in [3.8, 4) is 0 Å². The first-order valence-electron chi connectivity index (χ1n) is 8.54. The number of β-lactam (4-membered cyclic amide) rings is 1. The fourth-order valence-corrected chi connectivity index (χ4v) is 3.74. The van der Waals surface area contributed by atoms with Crippen LogP contribution in [0.4, 0.5) is 5.69 Å². The number of rotatable bonds is 3. The van der Waals surface area contributed by atoms with Crippen LogP contribution in [-0.4, -0.2) is 52.2 Å². The molecule has 1 atom stereocenters. The molecule has 0 radical (unpaired) electrons. The third kappa shape index (κ3) is 2.53. The topological polar surface area (TPSA) is 96.9 Å². The molecular weight excluding hydrogens is 338 g/mol.